The monoisotopic (exact) mass is 222 g/mol. The standard InChI is InChI=1S/C14H19Cl/c1-12-5-4-6-13(9-12)10-14(11-15)7-2-3-8-14/h4-6,9H,2-3,7-8,10-11H2,1H3. The van der Waals surface area contributed by atoms with Crippen LogP contribution in [0.2, 0.25) is 0 Å². The van der Waals surface area contributed by atoms with Gasteiger partial charge in [-0.1, -0.05) is 42.7 Å². The molecule has 1 saturated carbocycles. The summed E-state index contributed by atoms with van der Waals surface area (Å²) in [6, 6.07) is 8.85. The first kappa shape index (κ1) is 11.0. The first-order chi connectivity index (χ1) is 7.24. The van der Waals surface area contributed by atoms with Gasteiger partial charge in [0.15, 0.2) is 0 Å². The number of rotatable bonds is 3. The molecule has 0 aliphatic heterocycles. The van der Waals surface area contributed by atoms with Gasteiger partial charge in [0.1, 0.15) is 0 Å². The van der Waals surface area contributed by atoms with Gasteiger partial charge in [0, 0.05) is 5.88 Å². The predicted octanol–water partition coefficient (Wildman–Crippen LogP) is 4.34. The van der Waals surface area contributed by atoms with Crippen LogP contribution in [0.4, 0.5) is 0 Å². The quantitative estimate of drug-likeness (QED) is 0.668. The first-order valence-corrected chi connectivity index (χ1v) is 6.39. The predicted molar refractivity (Wildman–Crippen MR) is 66.5 cm³/mol. The SMILES string of the molecule is Cc1cccc(CC2(CCl)CCCC2)c1. The number of hydrogen-bond donors (Lipinski definition) is 0. The van der Waals surface area contributed by atoms with Crippen LogP contribution in [0.5, 0.6) is 0 Å². The van der Waals surface area contributed by atoms with Gasteiger partial charge in [0.05, 0.1) is 0 Å². The van der Waals surface area contributed by atoms with Gasteiger partial charge in [0.2, 0.25) is 0 Å². The van der Waals surface area contributed by atoms with E-state index in [2.05, 4.69) is 31.2 Å². The van der Waals surface area contributed by atoms with Crippen molar-refractivity contribution in [3.63, 3.8) is 0 Å². The Morgan fingerprint density at radius 1 is 1.27 bits per heavy atom. The van der Waals surface area contributed by atoms with Crippen LogP contribution >= 0.6 is 11.6 Å². The zero-order valence-electron chi connectivity index (χ0n) is 9.43. The van der Waals surface area contributed by atoms with Crippen molar-refractivity contribution in [2.24, 2.45) is 5.41 Å². The van der Waals surface area contributed by atoms with Crippen LogP contribution in [0.1, 0.15) is 36.8 Å². The molecule has 0 nitrogen and oxygen atoms in total. The minimum absolute atomic E-state index is 0.398. The number of aryl methyl sites for hydroxylation is 1. The van der Waals surface area contributed by atoms with Crippen LogP contribution in [-0.4, -0.2) is 5.88 Å². The molecule has 0 amide bonds. The van der Waals surface area contributed by atoms with Crippen molar-refractivity contribution < 1.29 is 0 Å². The number of alkyl halides is 1. The molecule has 1 aliphatic rings. The Bertz CT molecular complexity index is 324. The van der Waals surface area contributed by atoms with Gasteiger partial charge in [-0.15, -0.1) is 11.6 Å². The highest BCUT2D eigenvalue weighted by atomic mass is 35.5. The summed E-state index contributed by atoms with van der Waals surface area (Å²) in [6.45, 7) is 2.16. The zero-order chi connectivity index (χ0) is 10.7. The fourth-order valence-electron chi connectivity index (χ4n) is 2.74. The third-order valence-electron chi connectivity index (χ3n) is 3.61. The van der Waals surface area contributed by atoms with Gasteiger partial charge in [-0.25, -0.2) is 0 Å². The van der Waals surface area contributed by atoms with E-state index >= 15 is 0 Å². The maximum absolute atomic E-state index is 6.15. The largest absolute Gasteiger partial charge is 0.126 e. The van der Waals surface area contributed by atoms with Gasteiger partial charge < -0.3 is 0 Å². The summed E-state index contributed by atoms with van der Waals surface area (Å²) in [5.41, 5.74) is 3.21. The Hall–Kier alpha value is -0.490. The third kappa shape index (κ3) is 2.55. The summed E-state index contributed by atoms with van der Waals surface area (Å²) in [6.07, 6.45) is 6.50. The van der Waals surface area contributed by atoms with Crippen molar-refractivity contribution in [1.82, 2.24) is 0 Å². The maximum Gasteiger partial charge on any atom is 0.0283 e. The third-order valence-corrected chi connectivity index (χ3v) is 4.18. The molecule has 1 fully saturated rings. The molecule has 82 valence electrons. The lowest BCUT2D eigenvalue weighted by Crippen LogP contribution is -2.21. The zero-order valence-corrected chi connectivity index (χ0v) is 10.2. The molecule has 0 bridgehead atoms. The lowest BCUT2D eigenvalue weighted by Gasteiger charge is -2.26. The van der Waals surface area contributed by atoms with Crippen LogP contribution in [-0.2, 0) is 6.42 Å². The minimum atomic E-state index is 0.398. The molecule has 1 aromatic carbocycles. The second-order valence-electron chi connectivity index (χ2n) is 5.01. The van der Waals surface area contributed by atoms with Crippen LogP contribution in [0.15, 0.2) is 24.3 Å². The molecule has 15 heavy (non-hydrogen) atoms. The highest BCUT2D eigenvalue weighted by molar-refractivity contribution is 6.18. The highest BCUT2D eigenvalue weighted by Gasteiger charge is 2.32. The Morgan fingerprint density at radius 2 is 2.00 bits per heavy atom. The van der Waals surface area contributed by atoms with Crippen molar-refractivity contribution in [1.29, 1.82) is 0 Å². The molecule has 1 heteroatoms. The van der Waals surface area contributed by atoms with E-state index in [-0.39, 0.29) is 0 Å². The average molecular weight is 223 g/mol. The van der Waals surface area contributed by atoms with Gasteiger partial charge >= 0.3 is 0 Å². The van der Waals surface area contributed by atoms with Crippen LogP contribution in [0, 0.1) is 12.3 Å². The normalized spacial score (nSPS) is 19.3. The van der Waals surface area contributed by atoms with E-state index in [0.717, 1.165) is 12.3 Å². The van der Waals surface area contributed by atoms with Crippen molar-refractivity contribution in [2.75, 3.05) is 5.88 Å². The molecule has 0 radical (unpaired) electrons. The molecule has 1 aliphatic carbocycles. The second kappa shape index (κ2) is 4.57. The van der Waals surface area contributed by atoms with Crippen LogP contribution in [0.25, 0.3) is 0 Å². The van der Waals surface area contributed by atoms with Crippen LogP contribution in [0.3, 0.4) is 0 Å². The maximum atomic E-state index is 6.15. The van der Waals surface area contributed by atoms with Gasteiger partial charge in [0.25, 0.3) is 0 Å². The van der Waals surface area contributed by atoms with E-state index in [1.54, 1.807) is 0 Å². The number of benzene rings is 1. The number of halogens is 1. The van der Waals surface area contributed by atoms with E-state index in [1.165, 1.54) is 36.8 Å². The van der Waals surface area contributed by atoms with E-state index in [0.29, 0.717) is 5.41 Å². The number of hydrogen-bond acceptors (Lipinski definition) is 0. The molecule has 0 atom stereocenters. The Kier molecular flexibility index (Phi) is 3.35. The Balaban J connectivity index is 2.12. The summed E-state index contributed by atoms with van der Waals surface area (Å²) in [4.78, 5) is 0. The Morgan fingerprint density at radius 3 is 2.60 bits per heavy atom. The van der Waals surface area contributed by atoms with Gasteiger partial charge in [-0.2, -0.15) is 0 Å². The fraction of sp³-hybridized carbons (Fsp3) is 0.571. The lowest BCUT2D eigenvalue weighted by atomic mass is 9.82. The highest BCUT2D eigenvalue weighted by Crippen LogP contribution is 2.41. The average Bonchev–Trinajstić information content (AvgIpc) is 2.67. The topological polar surface area (TPSA) is 0 Å². The van der Waals surface area contributed by atoms with Crippen LogP contribution < -0.4 is 0 Å². The summed E-state index contributed by atoms with van der Waals surface area (Å²) in [7, 11) is 0. The fourth-order valence-corrected chi connectivity index (χ4v) is 3.10. The molecule has 2 rings (SSSR count). The molecular formula is C14H19Cl. The van der Waals surface area contributed by atoms with E-state index in [1.807, 2.05) is 0 Å². The molecule has 0 spiro atoms. The van der Waals surface area contributed by atoms with Crippen molar-refractivity contribution in [2.45, 2.75) is 39.0 Å². The molecular weight excluding hydrogens is 204 g/mol. The van der Waals surface area contributed by atoms with E-state index < -0.39 is 0 Å². The molecule has 0 aromatic heterocycles. The van der Waals surface area contributed by atoms with Crippen molar-refractivity contribution in [3.8, 4) is 0 Å². The summed E-state index contributed by atoms with van der Waals surface area (Å²) in [5.74, 6) is 0.820. The van der Waals surface area contributed by atoms with Gasteiger partial charge in [-0.05, 0) is 37.2 Å². The van der Waals surface area contributed by atoms with E-state index in [4.69, 9.17) is 11.6 Å². The summed E-state index contributed by atoms with van der Waals surface area (Å²) >= 11 is 6.15. The minimum Gasteiger partial charge on any atom is -0.126 e. The summed E-state index contributed by atoms with van der Waals surface area (Å²) in [5, 5.41) is 0. The smallest absolute Gasteiger partial charge is 0.0283 e. The summed E-state index contributed by atoms with van der Waals surface area (Å²) < 4.78 is 0. The molecule has 0 saturated heterocycles. The molecule has 0 heterocycles. The second-order valence-corrected chi connectivity index (χ2v) is 5.27. The molecule has 0 unspecified atom stereocenters. The van der Waals surface area contributed by atoms with Crippen molar-refractivity contribution in [3.05, 3.63) is 35.4 Å². The molecule has 0 N–H and O–H groups in total. The van der Waals surface area contributed by atoms with E-state index in [9.17, 15) is 0 Å². The first-order valence-electron chi connectivity index (χ1n) is 5.86. The lowest BCUT2D eigenvalue weighted by molar-refractivity contribution is 0.341. The van der Waals surface area contributed by atoms with Gasteiger partial charge in [-0.3, -0.25) is 0 Å². The molecule has 1 aromatic rings. The Labute approximate surface area is 97.6 Å². The van der Waals surface area contributed by atoms with Crippen molar-refractivity contribution >= 4 is 11.6 Å².